The molecule has 9 nitrogen and oxygen atoms in total. The highest BCUT2D eigenvalue weighted by Gasteiger charge is 2.57. The van der Waals surface area contributed by atoms with Crippen molar-refractivity contribution in [1.82, 2.24) is 20.5 Å². The molecule has 5 rings (SSSR count). The molecule has 2 aromatic carbocycles. The Kier molecular flexibility index (Phi) is 6.25. The van der Waals surface area contributed by atoms with Crippen LogP contribution in [0, 0.1) is 11.6 Å². The van der Waals surface area contributed by atoms with Gasteiger partial charge in [-0.3, -0.25) is 14.7 Å². The summed E-state index contributed by atoms with van der Waals surface area (Å²) in [5.74, 6) is -3.57. The number of rotatable bonds is 6. The largest absolute Gasteiger partial charge is 0.489 e. The van der Waals surface area contributed by atoms with E-state index in [2.05, 4.69) is 15.2 Å². The molecular weight excluding hydrogens is 541 g/mol. The smallest absolute Gasteiger partial charge is 0.424 e. The molecule has 0 aliphatic carbocycles. The molecule has 2 atom stereocenters. The Morgan fingerprint density at radius 2 is 1.88 bits per heavy atom. The van der Waals surface area contributed by atoms with Crippen LogP contribution < -0.4 is 15.8 Å². The van der Waals surface area contributed by atoms with Gasteiger partial charge in [0, 0.05) is 22.1 Å². The molecular formula is C26H20F5N5O4. The van der Waals surface area contributed by atoms with Crippen LogP contribution >= 0.6 is 0 Å². The summed E-state index contributed by atoms with van der Waals surface area (Å²) in [5, 5.41) is 19.3. The second kappa shape index (κ2) is 9.26. The number of primary amides is 1. The molecule has 0 radical (unpaired) electrons. The Bertz CT molecular complexity index is 1660. The molecule has 0 spiro atoms. The van der Waals surface area contributed by atoms with E-state index in [-0.39, 0.29) is 45.6 Å². The quantitative estimate of drug-likeness (QED) is 0.266. The number of carbonyl (C=O) groups is 2. The van der Waals surface area contributed by atoms with Crippen LogP contribution in [-0.2, 0) is 15.8 Å². The maximum atomic E-state index is 14.5. The summed E-state index contributed by atoms with van der Waals surface area (Å²) in [6.45, 7) is -0.391. The molecule has 5 N–H and O–H groups in total. The number of pyridine rings is 1. The Labute approximate surface area is 222 Å². The molecule has 2 amide bonds. The Morgan fingerprint density at radius 1 is 1.18 bits per heavy atom. The first kappa shape index (κ1) is 27.0. The van der Waals surface area contributed by atoms with Crippen molar-refractivity contribution in [3.8, 4) is 17.0 Å². The zero-order valence-electron chi connectivity index (χ0n) is 20.6. The van der Waals surface area contributed by atoms with Crippen molar-refractivity contribution >= 4 is 22.7 Å². The van der Waals surface area contributed by atoms with E-state index in [1.807, 2.05) is 5.32 Å². The summed E-state index contributed by atoms with van der Waals surface area (Å²) in [6, 6.07) is 7.42. The van der Waals surface area contributed by atoms with Gasteiger partial charge in [0.15, 0.2) is 0 Å². The number of halogens is 5. The number of amides is 2. The first-order valence-corrected chi connectivity index (χ1v) is 11.7. The number of aromatic amines is 1. The lowest BCUT2D eigenvalue weighted by atomic mass is 9.81. The highest BCUT2D eigenvalue weighted by Crippen LogP contribution is 2.47. The number of H-pyrrole nitrogens is 1. The van der Waals surface area contributed by atoms with Gasteiger partial charge < -0.3 is 20.9 Å². The van der Waals surface area contributed by atoms with E-state index < -0.39 is 52.9 Å². The molecule has 1 unspecified atom stereocenters. The van der Waals surface area contributed by atoms with Crippen LogP contribution in [-0.4, -0.2) is 51.4 Å². The van der Waals surface area contributed by atoms with Gasteiger partial charge >= 0.3 is 6.18 Å². The maximum absolute atomic E-state index is 14.5. The fourth-order valence-corrected chi connectivity index (χ4v) is 4.39. The molecule has 3 heterocycles. The monoisotopic (exact) mass is 561 g/mol. The standard InChI is InChI=1S/C26H20F5N5O4/c1-24(23(32)38)11-40-21-16(24)8-18(35-20(21)12-2-4-15(27)5-3-12)25(39,26(29,30)31)10-33-22(37)13-6-14-9-34-36-19(14)17(28)7-13/h2-9,39H,10-11H2,1H3,(H2,32,38)(H,33,37)(H,34,36)/t24-,25?/m0/s1. The molecule has 0 bridgehead atoms. The minimum Gasteiger partial charge on any atom is -0.489 e. The van der Waals surface area contributed by atoms with Gasteiger partial charge in [-0.2, -0.15) is 18.3 Å². The molecule has 0 saturated carbocycles. The lowest BCUT2D eigenvalue weighted by molar-refractivity contribution is -0.265. The summed E-state index contributed by atoms with van der Waals surface area (Å²) >= 11 is 0. The van der Waals surface area contributed by atoms with E-state index in [0.29, 0.717) is 0 Å². The number of aliphatic hydroxyl groups is 1. The Balaban J connectivity index is 1.60. The number of nitrogens with zero attached hydrogens (tertiary/aromatic N) is 2. The van der Waals surface area contributed by atoms with E-state index >= 15 is 0 Å². The average molecular weight is 561 g/mol. The van der Waals surface area contributed by atoms with Crippen LogP contribution in [0.2, 0.25) is 0 Å². The van der Waals surface area contributed by atoms with Crippen molar-refractivity contribution in [1.29, 1.82) is 0 Å². The molecule has 14 heteroatoms. The molecule has 1 aliphatic rings. The van der Waals surface area contributed by atoms with Crippen molar-refractivity contribution in [2.45, 2.75) is 24.1 Å². The number of alkyl halides is 3. The topological polar surface area (TPSA) is 143 Å². The third-order valence-corrected chi connectivity index (χ3v) is 6.89. The van der Waals surface area contributed by atoms with Crippen molar-refractivity contribution in [2.75, 3.05) is 13.2 Å². The van der Waals surface area contributed by atoms with Crippen LogP contribution in [0.15, 0.2) is 48.7 Å². The second-order valence-electron chi connectivity index (χ2n) is 9.56. The van der Waals surface area contributed by atoms with Gasteiger partial charge in [-0.25, -0.2) is 13.8 Å². The normalized spacial score (nSPS) is 18.2. The Hall–Kier alpha value is -4.59. The van der Waals surface area contributed by atoms with Crippen LogP contribution in [0.4, 0.5) is 22.0 Å². The summed E-state index contributed by atoms with van der Waals surface area (Å²) in [6.07, 6.45) is -4.17. The second-order valence-corrected chi connectivity index (χ2v) is 9.56. The number of hydrogen-bond acceptors (Lipinski definition) is 6. The summed E-state index contributed by atoms with van der Waals surface area (Å²) in [5.41, 5.74) is -1.29. The zero-order valence-corrected chi connectivity index (χ0v) is 20.6. The summed E-state index contributed by atoms with van der Waals surface area (Å²) in [7, 11) is 0. The molecule has 1 aliphatic heterocycles. The predicted octanol–water partition coefficient (Wildman–Crippen LogP) is 3.22. The van der Waals surface area contributed by atoms with Gasteiger partial charge in [0.05, 0.1) is 18.4 Å². The third-order valence-electron chi connectivity index (χ3n) is 6.89. The van der Waals surface area contributed by atoms with E-state index in [1.165, 1.54) is 31.3 Å². The van der Waals surface area contributed by atoms with E-state index in [0.717, 1.165) is 24.3 Å². The number of benzene rings is 2. The first-order valence-electron chi connectivity index (χ1n) is 11.7. The number of aromatic nitrogens is 3. The number of nitrogens with one attached hydrogen (secondary N) is 2. The number of fused-ring (bicyclic) bond motifs is 2. The van der Waals surface area contributed by atoms with Crippen molar-refractivity contribution in [3.05, 3.63) is 77.1 Å². The molecule has 0 saturated heterocycles. The van der Waals surface area contributed by atoms with Crippen LogP contribution in [0.3, 0.4) is 0 Å². The SMILES string of the molecule is C[C@]1(C(N)=O)COc2c1cc(C(O)(CNC(=O)c1cc(F)c3[nH]ncc3c1)C(F)(F)F)nc2-c1ccc(F)cc1. The Morgan fingerprint density at radius 3 is 2.52 bits per heavy atom. The van der Waals surface area contributed by atoms with Gasteiger partial charge in [0.1, 0.15) is 40.6 Å². The minimum atomic E-state index is -5.40. The van der Waals surface area contributed by atoms with Gasteiger partial charge in [-0.05, 0) is 49.4 Å². The summed E-state index contributed by atoms with van der Waals surface area (Å²) in [4.78, 5) is 29.1. The van der Waals surface area contributed by atoms with E-state index in [9.17, 15) is 36.6 Å². The average Bonchev–Trinajstić information content (AvgIpc) is 3.52. The van der Waals surface area contributed by atoms with Crippen LogP contribution in [0.5, 0.6) is 5.75 Å². The highest BCUT2D eigenvalue weighted by atomic mass is 19.4. The predicted molar refractivity (Wildman–Crippen MR) is 130 cm³/mol. The highest BCUT2D eigenvalue weighted by molar-refractivity contribution is 5.98. The molecule has 40 heavy (non-hydrogen) atoms. The van der Waals surface area contributed by atoms with Crippen molar-refractivity contribution in [2.24, 2.45) is 5.73 Å². The lowest BCUT2D eigenvalue weighted by Crippen LogP contribution is -2.51. The van der Waals surface area contributed by atoms with Crippen LogP contribution in [0.25, 0.3) is 22.2 Å². The maximum Gasteiger partial charge on any atom is 0.424 e. The van der Waals surface area contributed by atoms with Crippen molar-refractivity contribution < 1.29 is 41.4 Å². The number of hydrogen-bond donors (Lipinski definition) is 4. The molecule has 2 aromatic heterocycles. The van der Waals surface area contributed by atoms with Gasteiger partial charge in [0.2, 0.25) is 11.5 Å². The van der Waals surface area contributed by atoms with E-state index in [1.54, 1.807) is 0 Å². The lowest BCUT2D eigenvalue weighted by Gasteiger charge is -2.31. The van der Waals surface area contributed by atoms with Gasteiger partial charge in [-0.15, -0.1) is 0 Å². The zero-order chi connectivity index (χ0) is 29.0. The minimum absolute atomic E-state index is 0.00118. The fourth-order valence-electron chi connectivity index (χ4n) is 4.39. The number of ether oxygens (including phenoxy) is 1. The fraction of sp³-hybridized carbons (Fsp3) is 0.231. The van der Waals surface area contributed by atoms with Crippen LogP contribution in [0.1, 0.15) is 28.5 Å². The molecule has 208 valence electrons. The molecule has 4 aromatic rings. The summed E-state index contributed by atoms with van der Waals surface area (Å²) < 4.78 is 76.9. The number of carbonyl (C=O) groups excluding carboxylic acids is 2. The third kappa shape index (κ3) is 4.29. The molecule has 0 fully saturated rings. The van der Waals surface area contributed by atoms with Crippen molar-refractivity contribution in [3.63, 3.8) is 0 Å². The van der Waals surface area contributed by atoms with Gasteiger partial charge in [-0.1, -0.05) is 0 Å². The first-order chi connectivity index (χ1) is 18.7. The number of nitrogens with two attached hydrogens (primary N) is 1. The van der Waals surface area contributed by atoms with E-state index in [4.69, 9.17) is 10.5 Å². The van der Waals surface area contributed by atoms with Gasteiger partial charge in [0.25, 0.3) is 5.91 Å².